The van der Waals surface area contributed by atoms with Crippen molar-refractivity contribution in [1.29, 1.82) is 15.8 Å². The summed E-state index contributed by atoms with van der Waals surface area (Å²) < 4.78 is 5.40. The number of hydrogen-bond acceptors (Lipinski definition) is 5. The Morgan fingerprint density at radius 1 is 1.24 bits per heavy atom. The van der Waals surface area contributed by atoms with Crippen LogP contribution in [0.4, 0.5) is 0 Å². The van der Waals surface area contributed by atoms with Gasteiger partial charge in [0.15, 0.2) is 0 Å². The van der Waals surface area contributed by atoms with E-state index in [0.717, 1.165) is 0 Å². The Morgan fingerprint density at radius 2 is 1.76 bits per heavy atom. The predicted molar refractivity (Wildman–Crippen MR) is 59.4 cm³/mol. The van der Waals surface area contributed by atoms with Gasteiger partial charge >= 0.3 is 0 Å². The zero-order chi connectivity index (χ0) is 13.2. The van der Waals surface area contributed by atoms with Crippen molar-refractivity contribution in [3.8, 4) is 18.2 Å². The summed E-state index contributed by atoms with van der Waals surface area (Å²) in [7, 11) is 0. The standard InChI is InChI=1S/C12H12N4O/c1-12(2,3)10-9(7(4-13)5-14)8(6-15)11(16)17-10/h10H,16H2,1-3H3. The van der Waals surface area contributed by atoms with E-state index in [0.29, 0.717) is 5.57 Å². The highest BCUT2D eigenvalue weighted by Crippen LogP contribution is 2.39. The third kappa shape index (κ3) is 2.07. The molecule has 0 saturated heterocycles. The Hall–Kier alpha value is -2.45. The summed E-state index contributed by atoms with van der Waals surface area (Å²) in [6.07, 6.45) is -0.550. The normalized spacial score (nSPS) is 19.1. The van der Waals surface area contributed by atoms with Crippen molar-refractivity contribution in [2.75, 3.05) is 0 Å². The van der Waals surface area contributed by atoms with Crippen LogP contribution in [-0.4, -0.2) is 6.10 Å². The topological polar surface area (TPSA) is 107 Å². The molecule has 1 aliphatic rings. The van der Waals surface area contributed by atoms with Crippen LogP contribution >= 0.6 is 0 Å². The highest BCUT2D eigenvalue weighted by Gasteiger charge is 2.40. The molecule has 1 rings (SSSR count). The molecule has 0 aromatic carbocycles. The molecule has 0 amide bonds. The molecule has 0 spiro atoms. The largest absolute Gasteiger partial charge is 0.470 e. The summed E-state index contributed by atoms with van der Waals surface area (Å²) >= 11 is 0. The molecule has 1 unspecified atom stereocenters. The summed E-state index contributed by atoms with van der Waals surface area (Å²) in [6.45, 7) is 5.66. The van der Waals surface area contributed by atoms with Crippen LogP contribution < -0.4 is 5.73 Å². The lowest BCUT2D eigenvalue weighted by Crippen LogP contribution is -2.29. The Bertz CT molecular complexity index is 513. The molecule has 1 aliphatic heterocycles. The van der Waals surface area contributed by atoms with Gasteiger partial charge in [-0.1, -0.05) is 20.8 Å². The van der Waals surface area contributed by atoms with Crippen molar-refractivity contribution in [1.82, 2.24) is 0 Å². The Morgan fingerprint density at radius 3 is 2.12 bits per heavy atom. The first kappa shape index (κ1) is 12.6. The van der Waals surface area contributed by atoms with Gasteiger partial charge in [-0.05, 0) is 0 Å². The van der Waals surface area contributed by atoms with E-state index in [9.17, 15) is 0 Å². The zero-order valence-corrected chi connectivity index (χ0v) is 9.90. The maximum Gasteiger partial charge on any atom is 0.203 e. The molecule has 2 N–H and O–H groups in total. The number of nitrogens with zero attached hydrogens (tertiary/aromatic N) is 3. The summed E-state index contributed by atoms with van der Waals surface area (Å²) in [5, 5.41) is 26.8. The predicted octanol–water partition coefficient (Wildman–Crippen LogP) is 1.47. The molecular formula is C12H12N4O. The van der Waals surface area contributed by atoms with Crippen LogP contribution in [0.25, 0.3) is 0 Å². The fourth-order valence-electron chi connectivity index (χ4n) is 1.64. The number of ether oxygens (including phenoxy) is 1. The van der Waals surface area contributed by atoms with Crippen LogP contribution in [-0.2, 0) is 4.74 Å². The first-order valence-corrected chi connectivity index (χ1v) is 4.98. The van der Waals surface area contributed by atoms with E-state index >= 15 is 0 Å². The van der Waals surface area contributed by atoms with Gasteiger partial charge in [0.25, 0.3) is 0 Å². The molecule has 5 nitrogen and oxygen atoms in total. The van der Waals surface area contributed by atoms with Crippen molar-refractivity contribution in [2.45, 2.75) is 26.9 Å². The highest BCUT2D eigenvalue weighted by molar-refractivity contribution is 5.59. The lowest BCUT2D eigenvalue weighted by atomic mass is 9.81. The van der Waals surface area contributed by atoms with Gasteiger partial charge < -0.3 is 10.5 Å². The summed E-state index contributed by atoms with van der Waals surface area (Å²) in [4.78, 5) is 0. The van der Waals surface area contributed by atoms with Crippen LogP contribution in [0.5, 0.6) is 0 Å². The third-order valence-electron chi connectivity index (χ3n) is 2.41. The van der Waals surface area contributed by atoms with E-state index in [1.165, 1.54) is 0 Å². The van der Waals surface area contributed by atoms with Crippen LogP contribution in [0.3, 0.4) is 0 Å². The molecule has 0 saturated carbocycles. The van der Waals surface area contributed by atoms with E-state index in [2.05, 4.69) is 0 Å². The average molecular weight is 228 g/mol. The molecule has 86 valence electrons. The van der Waals surface area contributed by atoms with E-state index in [1.54, 1.807) is 12.1 Å². The van der Waals surface area contributed by atoms with Crippen molar-refractivity contribution in [2.24, 2.45) is 11.1 Å². The van der Waals surface area contributed by atoms with E-state index < -0.39 is 6.10 Å². The molecule has 0 bridgehead atoms. The third-order valence-corrected chi connectivity index (χ3v) is 2.41. The van der Waals surface area contributed by atoms with Crippen LogP contribution in [0.2, 0.25) is 0 Å². The number of nitrogens with two attached hydrogens (primary N) is 1. The quantitative estimate of drug-likeness (QED) is 0.632. The lowest BCUT2D eigenvalue weighted by molar-refractivity contribution is 0.0708. The minimum atomic E-state index is -0.550. The van der Waals surface area contributed by atoms with Crippen molar-refractivity contribution in [3.05, 3.63) is 22.6 Å². The average Bonchev–Trinajstić information content (AvgIpc) is 2.57. The van der Waals surface area contributed by atoms with Gasteiger partial charge in [-0.3, -0.25) is 0 Å². The van der Waals surface area contributed by atoms with Gasteiger partial charge in [0.05, 0.1) is 0 Å². The minimum Gasteiger partial charge on any atom is -0.470 e. The Kier molecular flexibility index (Phi) is 3.12. The number of hydrogen-bond donors (Lipinski definition) is 1. The fraction of sp³-hybridized carbons (Fsp3) is 0.417. The van der Waals surface area contributed by atoms with Crippen LogP contribution in [0, 0.1) is 39.4 Å². The number of allylic oxidation sites excluding steroid dienone is 1. The summed E-state index contributed by atoms with van der Waals surface area (Å²) in [6, 6.07) is 5.44. The van der Waals surface area contributed by atoms with E-state index in [-0.39, 0.29) is 22.4 Å². The second-order valence-electron chi connectivity index (χ2n) is 4.73. The van der Waals surface area contributed by atoms with Gasteiger partial charge in [0.1, 0.15) is 35.5 Å². The Labute approximate surface area is 100.0 Å². The first-order valence-electron chi connectivity index (χ1n) is 4.98. The maximum absolute atomic E-state index is 9.01. The monoisotopic (exact) mass is 228 g/mol. The zero-order valence-electron chi connectivity index (χ0n) is 9.90. The van der Waals surface area contributed by atoms with Gasteiger partial charge in [0.2, 0.25) is 5.88 Å². The second kappa shape index (κ2) is 4.20. The molecule has 0 aromatic heterocycles. The maximum atomic E-state index is 9.01. The first-order chi connectivity index (χ1) is 7.86. The van der Waals surface area contributed by atoms with Crippen molar-refractivity contribution in [3.63, 3.8) is 0 Å². The van der Waals surface area contributed by atoms with Crippen molar-refractivity contribution < 1.29 is 4.74 Å². The smallest absolute Gasteiger partial charge is 0.203 e. The molecule has 17 heavy (non-hydrogen) atoms. The molecule has 0 radical (unpaired) electrons. The van der Waals surface area contributed by atoms with E-state index in [4.69, 9.17) is 26.3 Å². The molecular weight excluding hydrogens is 216 g/mol. The van der Waals surface area contributed by atoms with Gasteiger partial charge in [-0.15, -0.1) is 0 Å². The number of nitriles is 3. The van der Waals surface area contributed by atoms with Crippen molar-refractivity contribution >= 4 is 0 Å². The summed E-state index contributed by atoms with van der Waals surface area (Å²) in [5.41, 5.74) is 5.49. The fourth-order valence-corrected chi connectivity index (χ4v) is 1.64. The van der Waals surface area contributed by atoms with Crippen LogP contribution in [0.1, 0.15) is 20.8 Å². The van der Waals surface area contributed by atoms with Gasteiger partial charge in [0, 0.05) is 11.0 Å². The minimum absolute atomic E-state index is 0.0228. The van der Waals surface area contributed by atoms with Crippen LogP contribution in [0.15, 0.2) is 22.6 Å². The lowest BCUT2D eigenvalue weighted by Gasteiger charge is -2.27. The molecule has 5 heteroatoms. The van der Waals surface area contributed by atoms with Gasteiger partial charge in [-0.25, -0.2) is 0 Å². The highest BCUT2D eigenvalue weighted by atomic mass is 16.5. The SMILES string of the molecule is CC(C)(C)C1OC(N)=C(C#N)C1=C(C#N)C#N. The number of rotatable bonds is 0. The molecule has 1 atom stereocenters. The molecule has 1 heterocycles. The van der Waals surface area contributed by atoms with Gasteiger partial charge in [-0.2, -0.15) is 15.8 Å². The molecule has 0 fully saturated rings. The van der Waals surface area contributed by atoms with E-state index in [1.807, 2.05) is 26.8 Å². The molecule has 0 aliphatic carbocycles. The second-order valence-corrected chi connectivity index (χ2v) is 4.73. The summed E-state index contributed by atoms with van der Waals surface area (Å²) in [5.74, 6) is -0.0228. The molecule has 0 aromatic rings. The Balaban J connectivity index is 3.49.